The highest BCUT2D eigenvalue weighted by Gasteiger charge is 2.26. The van der Waals surface area contributed by atoms with Gasteiger partial charge in [-0.25, -0.2) is 4.79 Å². The first-order valence-corrected chi connectivity index (χ1v) is 12.9. The zero-order valence-corrected chi connectivity index (χ0v) is 21.6. The second-order valence-electron chi connectivity index (χ2n) is 9.10. The highest BCUT2D eigenvalue weighted by molar-refractivity contribution is 5.89. The average molecular weight is 508 g/mol. The van der Waals surface area contributed by atoms with Gasteiger partial charge in [0.2, 0.25) is 0 Å². The van der Waals surface area contributed by atoms with Gasteiger partial charge >= 0.3 is 5.97 Å². The predicted octanol–water partition coefficient (Wildman–Crippen LogP) is 7.42. The van der Waals surface area contributed by atoms with Crippen molar-refractivity contribution >= 4 is 17.9 Å². The summed E-state index contributed by atoms with van der Waals surface area (Å²) in [7, 11) is 0. The van der Waals surface area contributed by atoms with Crippen molar-refractivity contribution in [3.05, 3.63) is 138 Å². The van der Waals surface area contributed by atoms with Gasteiger partial charge in [-0.3, -0.25) is 4.99 Å². The molecule has 0 aliphatic carbocycles. The quantitative estimate of drug-likeness (QED) is 0.193. The largest absolute Gasteiger partial charge is 0.459 e. The number of nitrogens with zero attached hydrogens (tertiary/aromatic N) is 1. The first kappa shape index (κ1) is 27.0. The molecule has 1 heterocycles. The number of hydrogen-bond acceptors (Lipinski definition) is 5. The maximum absolute atomic E-state index is 12.0. The zero-order chi connectivity index (χ0) is 26.4. The molecule has 1 atom stereocenters. The summed E-state index contributed by atoms with van der Waals surface area (Å²) in [5.74, 6) is -0.0635. The fourth-order valence-corrected chi connectivity index (χ4v) is 4.03. The summed E-state index contributed by atoms with van der Waals surface area (Å²) in [6.45, 7) is 3.11. The van der Waals surface area contributed by atoms with Crippen LogP contribution in [0.15, 0.2) is 126 Å². The van der Waals surface area contributed by atoms with Crippen molar-refractivity contribution in [2.45, 2.75) is 25.7 Å². The molecule has 1 fully saturated rings. The lowest BCUT2D eigenvalue weighted by Gasteiger charge is -2.30. The molecule has 5 heteroatoms. The molecule has 4 aromatic rings. The highest BCUT2D eigenvalue weighted by atomic mass is 16.7. The molecule has 0 spiro atoms. The van der Waals surface area contributed by atoms with Crippen molar-refractivity contribution in [2.75, 3.05) is 13.2 Å². The molecule has 4 aromatic carbocycles. The molecule has 5 rings (SSSR count). The molecule has 1 aliphatic rings. The van der Waals surface area contributed by atoms with Crippen molar-refractivity contribution in [1.29, 1.82) is 0 Å². The van der Waals surface area contributed by atoms with Gasteiger partial charge < -0.3 is 14.2 Å². The van der Waals surface area contributed by atoms with Gasteiger partial charge in [-0.2, -0.15) is 0 Å². The molecule has 0 bridgehead atoms. The van der Waals surface area contributed by atoms with Crippen LogP contribution in [0.4, 0.5) is 5.69 Å². The summed E-state index contributed by atoms with van der Waals surface area (Å²) in [6.07, 6.45) is 2.11. The monoisotopic (exact) mass is 507 g/mol. The van der Waals surface area contributed by atoms with Crippen LogP contribution in [-0.4, -0.2) is 31.5 Å². The molecular weight excluding hydrogens is 474 g/mol. The second-order valence-corrected chi connectivity index (χ2v) is 9.10. The van der Waals surface area contributed by atoms with Crippen molar-refractivity contribution in [3.63, 3.8) is 0 Å². The summed E-state index contributed by atoms with van der Waals surface area (Å²) in [4.78, 5) is 16.4. The van der Waals surface area contributed by atoms with Crippen LogP contribution in [0.1, 0.15) is 41.1 Å². The van der Waals surface area contributed by atoms with E-state index in [0.29, 0.717) is 18.8 Å². The Morgan fingerprint density at radius 2 is 1.34 bits per heavy atom. The lowest BCUT2D eigenvalue weighted by molar-refractivity contribution is -0.208. The number of esters is 1. The Labute approximate surface area is 224 Å². The Hall–Kier alpha value is -4.06. The van der Waals surface area contributed by atoms with Gasteiger partial charge in [0.05, 0.1) is 30.6 Å². The molecule has 0 radical (unpaired) electrons. The molecule has 1 aliphatic heterocycles. The third-order valence-electron chi connectivity index (χ3n) is 5.94. The summed E-state index contributed by atoms with van der Waals surface area (Å²) in [5, 5.41) is 0. The van der Waals surface area contributed by atoms with E-state index in [-0.39, 0.29) is 24.3 Å². The van der Waals surface area contributed by atoms with E-state index in [2.05, 4.69) is 4.99 Å². The molecule has 194 valence electrons. The van der Waals surface area contributed by atoms with Crippen molar-refractivity contribution in [2.24, 2.45) is 10.9 Å². The van der Waals surface area contributed by atoms with Crippen LogP contribution in [0, 0.1) is 5.92 Å². The average Bonchev–Trinajstić information content (AvgIpc) is 2.99. The van der Waals surface area contributed by atoms with Crippen LogP contribution in [0.3, 0.4) is 0 Å². The normalized spacial score (nSPS) is 17.7. The van der Waals surface area contributed by atoms with Crippen molar-refractivity contribution < 1.29 is 19.0 Å². The van der Waals surface area contributed by atoms with Crippen molar-refractivity contribution in [3.8, 4) is 0 Å². The fourth-order valence-electron chi connectivity index (χ4n) is 4.03. The van der Waals surface area contributed by atoms with Gasteiger partial charge in [0.1, 0.15) is 0 Å². The molecule has 38 heavy (non-hydrogen) atoms. The van der Waals surface area contributed by atoms with Crippen LogP contribution < -0.4 is 0 Å². The van der Waals surface area contributed by atoms with Crippen LogP contribution in [0.2, 0.25) is 0 Å². The minimum absolute atomic E-state index is 0.178. The highest BCUT2D eigenvalue weighted by Crippen LogP contribution is 2.27. The molecule has 0 saturated carbocycles. The summed E-state index contributed by atoms with van der Waals surface area (Å²) in [5.41, 5.74) is 3.71. The smallest absolute Gasteiger partial charge is 0.338 e. The number of carbonyl (C=O) groups is 1. The Kier molecular flexibility index (Phi) is 10.4. The van der Waals surface area contributed by atoms with E-state index in [4.69, 9.17) is 14.2 Å². The summed E-state index contributed by atoms with van der Waals surface area (Å²) >= 11 is 0. The zero-order valence-electron chi connectivity index (χ0n) is 21.6. The molecule has 1 saturated heterocycles. The molecule has 1 unspecified atom stereocenters. The third-order valence-corrected chi connectivity index (χ3v) is 5.94. The molecular formula is C33H33NO4. The first-order valence-electron chi connectivity index (χ1n) is 12.9. The standard InChI is InChI=1S/C20H22O4.C13H11N/c1-15(24-19(21)17-8-4-2-5-9-17)12-16-13-22-20(23-14-16)18-10-6-3-7-11-18;1-3-7-12(8-4-1)11-14-13-9-5-2-6-10-13/h2-11,15-16,20H,12-14H2,1H3;1-11H. The van der Waals surface area contributed by atoms with E-state index in [1.54, 1.807) is 12.1 Å². The van der Waals surface area contributed by atoms with E-state index < -0.39 is 0 Å². The van der Waals surface area contributed by atoms with Gasteiger partial charge in [-0.1, -0.05) is 97.1 Å². The fraction of sp³-hybridized carbons (Fsp3) is 0.212. The molecule has 0 N–H and O–H groups in total. The molecule has 5 nitrogen and oxygen atoms in total. The van der Waals surface area contributed by atoms with Crippen LogP contribution in [-0.2, 0) is 14.2 Å². The van der Waals surface area contributed by atoms with E-state index >= 15 is 0 Å². The summed E-state index contributed by atoms with van der Waals surface area (Å²) < 4.78 is 17.1. The number of ether oxygens (including phenoxy) is 3. The number of carbonyl (C=O) groups excluding carboxylic acids is 1. The molecule has 0 aromatic heterocycles. The van der Waals surface area contributed by atoms with E-state index in [9.17, 15) is 4.79 Å². The van der Waals surface area contributed by atoms with Crippen LogP contribution in [0.5, 0.6) is 0 Å². The Bertz CT molecular complexity index is 1200. The number of hydrogen-bond donors (Lipinski definition) is 0. The maximum atomic E-state index is 12.0. The lowest BCUT2D eigenvalue weighted by atomic mass is 10.0. The number of benzene rings is 4. The van der Waals surface area contributed by atoms with Gasteiger partial charge in [-0.15, -0.1) is 0 Å². The van der Waals surface area contributed by atoms with E-state index in [1.807, 2.05) is 122 Å². The van der Waals surface area contributed by atoms with E-state index in [0.717, 1.165) is 23.2 Å². The third kappa shape index (κ3) is 8.80. The number of para-hydroxylation sites is 1. The second kappa shape index (κ2) is 14.6. The minimum Gasteiger partial charge on any atom is -0.459 e. The maximum Gasteiger partial charge on any atom is 0.338 e. The molecule has 0 amide bonds. The van der Waals surface area contributed by atoms with Crippen molar-refractivity contribution in [1.82, 2.24) is 0 Å². The van der Waals surface area contributed by atoms with Crippen LogP contribution >= 0.6 is 0 Å². The number of aliphatic imine (C=N–C) groups is 1. The summed E-state index contributed by atoms with van der Waals surface area (Å²) in [6, 6.07) is 39.0. The predicted molar refractivity (Wildman–Crippen MR) is 151 cm³/mol. The first-order chi connectivity index (χ1) is 18.7. The van der Waals surface area contributed by atoms with Gasteiger partial charge in [0.15, 0.2) is 6.29 Å². The topological polar surface area (TPSA) is 57.1 Å². The van der Waals surface area contributed by atoms with Crippen LogP contribution in [0.25, 0.3) is 0 Å². The van der Waals surface area contributed by atoms with E-state index in [1.165, 1.54) is 0 Å². The minimum atomic E-state index is -0.301. The van der Waals surface area contributed by atoms with Gasteiger partial charge in [0, 0.05) is 17.7 Å². The Morgan fingerprint density at radius 1 is 0.816 bits per heavy atom. The lowest BCUT2D eigenvalue weighted by Crippen LogP contribution is -2.30. The van der Waals surface area contributed by atoms with Gasteiger partial charge in [0.25, 0.3) is 0 Å². The Balaban J connectivity index is 0.000000204. The number of rotatable bonds is 7. The Morgan fingerprint density at radius 3 is 1.95 bits per heavy atom. The SMILES string of the molecule is C(=Nc1ccccc1)c1ccccc1.CC(CC1COC(c2ccccc2)OC1)OC(=O)c1ccccc1. The van der Waals surface area contributed by atoms with Gasteiger partial charge in [-0.05, 0) is 43.2 Å².